The van der Waals surface area contributed by atoms with E-state index in [1.165, 1.54) is 12.7 Å². The minimum Gasteiger partial charge on any atom is -0.387 e. The molecule has 2 aliphatic heterocycles. The highest BCUT2D eigenvalue weighted by atomic mass is 19.1. The summed E-state index contributed by atoms with van der Waals surface area (Å²) in [7, 11) is 1.52. The van der Waals surface area contributed by atoms with Crippen molar-refractivity contribution in [1.29, 1.82) is 0 Å². The summed E-state index contributed by atoms with van der Waals surface area (Å²) in [5.74, 6) is -0.132. The predicted octanol–water partition coefficient (Wildman–Crippen LogP) is 2.00. The first kappa shape index (κ1) is 15.4. The van der Waals surface area contributed by atoms with Crippen molar-refractivity contribution in [1.82, 2.24) is 0 Å². The molecule has 7 unspecified atom stereocenters. The van der Waals surface area contributed by atoms with E-state index in [0.29, 0.717) is 6.61 Å². The molecule has 3 rings (SSSR count). The Morgan fingerprint density at radius 3 is 2.67 bits per heavy atom. The topological polar surface area (TPSA) is 54.5 Å². The molecule has 5 heteroatoms. The smallest absolute Gasteiger partial charge is 0.131 e. The van der Waals surface area contributed by atoms with Crippen LogP contribution in [0.3, 0.4) is 0 Å². The molecule has 0 radical (unpaired) electrons. The molecule has 7 atom stereocenters. The molecule has 3 aliphatic rings. The number of allylic oxidation sites excluding steroid dienone is 1. The molecule has 0 amide bonds. The minimum absolute atomic E-state index is 0.0829. The van der Waals surface area contributed by atoms with E-state index >= 15 is 0 Å². The van der Waals surface area contributed by atoms with Crippen molar-refractivity contribution in [2.75, 3.05) is 13.7 Å². The van der Waals surface area contributed by atoms with Crippen LogP contribution in [0.1, 0.15) is 33.6 Å². The maximum atomic E-state index is 14.0. The first-order chi connectivity index (χ1) is 9.84. The summed E-state index contributed by atoms with van der Waals surface area (Å²) in [4.78, 5) is 0. The van der Waals surface area contributed by atoms with Crippen LogP contribution in [0, 0.1) is 5.92 Å². The van der Waals surface area contributed by atoms with Gasteiger partial charge in [0.15, 0.2) is 0 Å². The van der Waals surface area contributed by atoms with Gasteiger partial charge in [-0.1, -0.05) is 11.6 Å². The van der Waals surface area contributed by atoms with Gasteiger partial charge in [0.05, 0.1) is 24.7 Å². The van der Waals surface area contributed by atoms with Crippen LogP contribution in [0.15, 0.2) is 11.6 Å². The van der Waals surface area contributed by atoms with Crippen LogP contribution in [0.2, 0.25) is 0 Å². The Morgan fingerprint density at radius 2 is 2.14 bits per heavy atom. The Hall–Kier alpha value is -0.490. The number of epoxide rings is 2. The molecule has 2 heterocycles. The van der Waals surface area contributed by atoms with E-state index < -0.39 is 29.6 Å². The fraction of sp³-hybridized carbons (Fsp3) is 0.875. The molecule has 1 N–H and O–H groups in total. The number of alkyl halides is 1. The fourth-order valence-electron chi connectivity index (χ4n) is 3.97. The molecule has 4 nitrogen and oxygen atoms in total. The summed E-state index contributed by atoms with van der Waals surface area (Å²) in [5.41, 5.74) is 0.318. The highest BCUT2D eigenvalue weighted by Crippen LogP contribution is 2.59. The van der Waals surface area contributed by atoms with E-state index in [9.17, 15) is 9.50 Å². The van der Waals surface area contributed by atoms with Crippen LogP contribution in [-0.2, 0) is 14.2 Å². The standard InChI is InChI=1S/C16H25FO4/c1-9(2)5-6-11-15(3,21-11)14-13(19-4)12(18)10(17)7-16(14)8-20-16/h5,10-14,18H,6-8H2,1-4H3. The summed E-state index contributed by atoms with van der Waals surface area (Å²) in [6.07, 6.45) is 0.295. The molecule has 1 aliphatic carbocycles. The van der Waals surface area contributed by atoms with Crippen molar-refractivity contribution in [2.45, 2.75) is 69.3 Å². The lowest BCUT2D eigenvalue weighted by atomic mass is 9.67. The number of aliphatic hydroxyl groups is 1. The zero-order valence-electron chi connectivity index (χ0n) is 13.1. The van der Waals surface area contributed by atoms with Gasteiger partial charge >= 0.3 is 0 Å². The summed E-state index contributed by atoms with van der Waals surface area (Å²) in [6, 6.07) is 0. The van der Waals surface area contributed by atoms with Gasteiger partial charge in [-0.2, -0.15) is 0 Å². The van der Waals surface area contributed by atoms with Gasteiger partial charge in [0.2, 0.25) is 0 Å². The zero-order chi connectivity index (χ0) is 15.4. The molecule has 3 fully saturated rings. The first-order valence-electron chi connectivity index (χ1n) is 7.64. The van der Waals surface area contributed by atoms with E-state index in [4.69, 9.17) is 14.2 Å². The average molecular weight is 300 g/mol. The van der Waals surface area contributed by atoms with Gasteiger partial charge in [-0.05, 0) is 27.2 Å². The van der Waals surface area contributed by atoms with E-state index in [0.717, 1.165) is 6.42 Å². The van der Waals surface area contributed by atoms with Crippen molar-refractivity contribution >= 4 is 0 Å². The second kappa shape index (κ2) is 5.01. The first-order valence-corrected chi connectivity index (χ1v) is 7.64. The third kappa shape index (κ3) is 2.44. The number of hydrogen-bond donors (Lipinski definition) is 1. The second-order valence-electron chi connectivity index (χ2n) is 7.05. The van der Waals surface area contributed by atoms with Crippen LogP contribution in [-0.4, -0.2) is 54.5 Å². The SMILES string of the molecule is COC1C(O)C(F)CC2(CO2)C1C1(C)OC1CC=C(C)C. The Morgan fingerprint density at radius 1 is 1.48 bits per heavy atom. The Kier molecular flexibility index (Phi) is 3.68. The lowest BCUT2D eigenvalue weighted by Crippen LogP contribution is -2.58. The fourth-order valence-corrected chi connectivity index (χ4v) is 3.97. The molecule has 0 aromatic carbocycles. The predicted molar refractivity (Wildman–Crippen MR) is 75.8 cm³/mol. The lowest BCUT2D eigenvalue weighted by Gasteiger charge is -2.42. The summed E-state index contributed by atoms with van der Waals surface area (Å²) in [5, 5.41) is 10.1. The largest absolute Gasteiger partial charge is 0.387 e. The molecule has 120 valence electrons. The lowest BCUT2D eigenvalue weighted by molar-refractivity contribution is -0.144. The van der Waals surface area contributed by atoms with Gasteiger partial charge in [0.1, 0.15) is 23.5 Å². The summed E-state index contributed by atoms with van der Waals surface area (Å²) in [6.45, 7) is 6.67. The van der Waals surface area contributed by atoms with E-state index in [1.807, 2.05) is 6.92 Å². The van der Waals surface area contributed by atoms with Gasteiger partial charge in [0, 0.05) is 13.5 Å². The Balaban J connectivity index is 1.81. The molecule has 0 aromatic rings. The Bertz CT molecular complexity index is 444. The van der Waals surface area contributed by atoms with Crippen LogP contribution in [0.4, 0.5) is 4.39 Å². The molecule has 1 spiro atoms. The third-order valence-corrected chi connectivity index (χ3v) is 5.27. The van der Waals surface area contributed by atoms with E-state index in [1.54, 1.807) is 0 Å². The summed E-state index contributed by atoms with van der Waals surface area (Å²) < 4.78 is 31.0. The van der Waals surface area contributed by atoms with Crippen molar-refractivity contribution < 1.29 is 23.7 Å². The van der Waals surface area contributed by atoms with Gasteiger partial charge in [-0.3, -0.25) is 0 Å². The number of ether oxygens (including phenoxy) is 3. The molecule has 2 saturated heterocycles. The second-order valence-corrected chi connectivity index (χ2v) is 7.05. The molecule has 0 aromatic heterocycles. The maximum Gasteiger partial charge on any atom is 0.131 e. The summed E-state index contributed by atoms with van der Waals surface area (Å²) >= 11 is 0. The maximum absolute atomic E-state index is 14.0. The van der Waals surface area contributed by atoms with Crippen LogP contribution >= 0.6 is 0 Å². The molecule has 0 bridgehead atoms. The highest BCUT2D eigenvalue weighted by Gasteiger charge is 2.73. The number of hydrogen-bond acceptors (Lipinski definition) is 4. The number of rotatable bonds is 4. The van der Waals surface area contributed by atoms with Crippen molar-refractivity contribution in [2.24, 2.45) is 5.92 Å². The Labute approximate surface area is 125 Å². The zero-order valence-corrected chi connectivity index (χ0v) is 13.1. The van der Waals surface area contributed by atoms with Gasteiger partial charge in [-0.25, -0.2) is 4.39 Å². The molecule has 1 saturated carbocycles. The number of halogens is 1. The van der Waals surface area contributed by atoms with Crippen molar-refractivity contribution in [3.05, 3.63) is 11.6 Å². The van der Waals surface area contributed by atoms with Gasteiger partial charge < -0.3 is 19.3 Å². The van der Waals surface area contributed by atoms with Gasteiger partial charge in [-0.15, -0.1) is 0 Å². The van der Waals surface area contributed by atoms with Crippen molar-refractivity contribution in [3.63, 3.8) is 0 Å². The molecular formula is C16H25FO4. The quantitative estimate of drug-likeness (QED) is 0.637. The normalized spacial score (nSPS) is 51.8. The number of methoxy groups -OCH3 is 1. The van der Waals surface area contributed by atoms with Crippen LogP contribution < -0.4 is 0 Å². The molecular weight excluding hydrogens is 275 g/mol. The van der Waals surface area contributed by atoms with E-state index in [2.05, 4.69) is 19.9 Å². The van der Waals surface area contributed by atoms with Crippen LogP contribution in [0.5, 0.6) is 0 Å². The third-order valence-electron chi connectivity index (χ3n) is 5.27. The average Bonchev–Trinajstić information content (AvgIpc) is 3.31. The highest BCUT2D eigenvalue weighted by molar-refractivity contribution is 5.21. The monoisotopic (exact) mass is 300 g/mol. The van der Waals surface area contributed by atoms with Gasteiger partial charge in [0.25, 0.3) is 0 Å². The minimum atomic E-state index is -1.30. The molecule has 21 heavy (non-hydrogen) atoms. The van der Waals surface area contributed by atoms with Crippen molar-refractivity contribution in [3.8, 4) is 0 Å². The van der Waals surface area contributed by atoms with E-state index in [-0.39, 0.29) is 18.4 Å². The number of aliphatic hydroxyl groups excluding tert-OH is 1. The van der Waals surface area contributed by atoms with Crippen LogP contribution in [0.25, 0.3) is 0 Å².